The molecule has 2 aliphatic carbocycles. The molecule has 0 aliphatic heterocycles. The summed E-state index contributed by atoms with van der Waals surface area (Å²) in [7, 11) is 0. The van der Waals surface area contributed by atoms with Crippen LogP contribution in [0.1, 0.15) is 32.1 Å². The second-order valence-corrected chi connectivity index (χ2v) is 6.45. The van der Waals surface area contributed by atoms with Crippen molar-refractivity contribution < 1.29 is 41.0 Å². The number of ether oxygens (including phenoxy) is 1. The van der Waals surface area contributed by atoms with Crippen molar-refractivity contribution in [2.24, 2.45) is 17.8 Å². The first-order valence-corrected chi connectivity index (χ1v) is 7.60. The maximum absolute atomic E-state index is 13.0. The normalized spacial score (nSPS) is 31.5. The molecule has 0 aromatic carbocycles. The third kappa shape index (κ3) is 3.14. The number of hydrogen-bond acceptors (Lipinski definition) is 3. The summed E-state index contributed by atoms with van der Waals surface area (Å²) in [5, 5.41) is 9.53. The van der Waals surface area contributed by atoms with Crippen molar-refractivity contribution >= 4 is 5.97 Å². The maximum atomic E-state index is 13.0. The zero-order valence-electron chi connectivity index (χ0n) is 12.7. The number of hydrogen-bond donors (Lipinski definition) is 1. The third-order valence-electron chi connectivity index (χ3n) is 5.23. The molecule has 4 atom stereocenters. The Bertz CT molecular complexity index is 484. The molecule has 0 aromatic heterocycles. The summed E-state index contributed by atoms with van der Waals surface area (Å²) >= 11 is 0. The van der Waals surface area contributed by atoms with E-state index in [2.05, 4.69) is 6.58 Å². The Balaban J connectivity index is 2.16. The second-order valence-electron chi connectivity index (χ2n) is 6.45. The molecule has 9 heteroatoms. The SMILES string of the molecule is C=CC(=O)OC1CCC2CC(C(O)(C(F)(F)F)C(F)(F)F)CCC21. The fraction of sp³-hybridized carbons (Fsp3) is 0.800. The molecule has 3 nitrogen and oxygen atoms in total. The fourth-order valence-corrected chi connectivity index (χ4v) is 4.05. The van der Waals surface area contributed by atoms with Crippen LogP contribution in [0, 0.1) is 17.8 Å². The molecule has 0 bridgehead atoms. The molecule has 4 unspecified atom stereocenters. The molecule has 0 heterocycles. The summed E-state index contributed by atoms with van der Waals surface area (Å²) in [5.74, 6) is -3.34. The lowest BCUT2D eigenvalue weighted by molar-refractivity contribution is -0.388. The first kappa shape index (κ1) is 19.1. The van der Waals surface area contributed by atoms with Gasteiger partial charge in [0.25, 0.3) is 5.60 Å². The van der Waals surface area contributed by atoms with Crippen molar-refractivity contribution in [2.75, 3.05) is 0 Å². The summed E-state index contributed by atoms with van der Waals surface area (Å²) in [4.78, 5) is 11.3. The van der Waals surface area contributed by atoms with Gasteiger partial charge >= 0.3 is 18.3 Å². The van der Waals surface area contributed by atoms with Gasteiger partial charge in [0.2, 0.25) is 0 Å². The number of alkyl halides is 6. The van der Waals surface area contributed by atoms with Crippen LogP contribution in [-0.4, -0.2) is 35.1 Å². The lowest BCUT2D eigenvalue weighted by Gasteiger charge is -2.43. The molecule has 1 N–H and O–H groups in total. The van der Waals surface area contributed by atoms with E-state index in [1.54, 1.807) is 0 Å². The molecular formula is C15H18F6O3. The van der Waals surface area contributed by atoms with Gasteiger partial charge in [-0.2, -0.15) is 26.3 Å². The van der Waals surface area contributed by atoms with Gasteiger partial charge in [0.1, 0.15) is 6.10 Å². The Morgan fingerprint density at radius 3 is 2.12 bits per heavy atom. The lowest BCUT2D eigenvalue weighted by Crippen LogP contribution is -2.62. The number of halogens is 6. The Hall–Kier alpha value is -1.25. The van der Waals surface area contributed by atoms with E-state index in [1.165, 1.54) is 0 Å². The molecule has 0 aromatic rings. The largest absolute Gasteiger partial charge is 0.459 e. The van der Waals surface area contributed by atoms with E-state index in [1.807, 2.05) is 0 Å². The van der Waals surface area contributed by atoms with Crippen LogP contribution in [-0.2, 0) is 9.53 Å². The van der Waals surface area contributed by atoms with E-state index in [-0.39, 0.29) is 12.3 Å². The standard InChI is InChI=1S/C15H18F6O3/c1-2-12(22)24-11-6-3-8-7-9(4-5-10(8)11)13(23,14(16,17)18)15(19,20)21/h2,8-11,23H,1,3-7H2. The van der Waals surface area contributed by atoms with E-state index in [4.69, 9.17) is 4.74 Å². The van der Waals surface area contributed by atoms with Gasteiger partial charge in [-0.05, 0) is 43.9 Å². The van der Waals surface area contributed by atoms with Gasteiger partial charge in [0, 0.05) is 12.0 Å². The average molecular weight is 360 g/mol. The van der Waals surface area contributed by atoms with Gasteiger partial charge in [-0.3, -0.25) is 0 Å². The van der Waals surface area contributed by atoms with Gasteiger partial charge in [0.05, 0.1) is 0 Å². The Labute approximate surface area is 134 Å². The molecule has 2 aliphatic rings. The quantitative estimate of drug-likeness (QED) is 0.474. The van der Waals surface area contributed by atoms with Gasteiger partial charge in [0.15, 0.2) is 0 Å². The monoisotopic (exact) mass is 360 g/mol. The minimum Gasteiger partial charge on any atom is -0.459 e. The van der Waals surface area contributed by atoms with Crippen LogP contribution in [0.15, 0.2) is 12.7 Å². The molecule has 138 valence electrons. The number of rotatable bonds is 3. The topological polar surface area (TPSA) is 46.5 Å². The fourth-order valence-electron chi connectivity index (χ4n) is 4.05. The van der Waals surface area contributed by atoms with Crippen LogP contribution >= 0.6 is 0 Å². The van der Waals surface area contributed by atoms with Gasteiger partial charge in [-0.25, -0.2) is 4.79 Å². The second kappa shape index (κ2) is 6.24. The maximum Gasteiger partial charge on any atom is 0.426 e. The van der Waals surface area contributed by atoms with E-state index >= 15 is 0 Å². The Morgan fingerprint density at radius 2 is 1.62 bits per heavy atom. The number of carbonyl (C=O) groups is 1. The van der Waals surface area contributed by atoms with E-state index in [0.717, 1.165) is 6.08 Å². The lowest BCUT2D eigenvalue weighted by atomic mass is 9.68. The van der Waals surface area contributed by atoms with Crippen molar-refractivity contribution in [3.05, 3.63) is 12.7 Å². The van der Waals surface area contributed by atoms with Crippen LogP contribution in [0.5, 0.6) is 0 Å². The summed E-state index contributed by atoms with van der Waals surface area (Å²) in [6.07, 6.45) is -11.2. The van der Waals surface area contributed by atoms with Crippen molar-refractivity contribution in [3.63, 3.8) is 0 Å². The number of aliphatic hydroxyl groups is 1. The molecule has 0 radical (unpaired) electrons. The van der Waals surface area contributed by atoms with Gasteiger partial charge < -0.3 is 9.84 Å². The van der Waals surface area contributed by atoms with Crippen LogP contribution < -0.4 is 0 Å². The first-order chi connectivity index (χ1) is 10.9. The minimum atomic E-state index is -5.80. The molecular weight excluding hydrogens is 342 g/mol. The highest BCUT2D eigenvalue weighted by molar-refractivity contribution is 5.81. The highest BCUT2D eigenvalue weighted by Gasteiger charge is 2.74. The molecule has 0 spiro atoms. The molecule has 2 saturated carbocycles. The Kier molecular flexibility index (Phi) is 4.96. The molecule has 0 amide bonds. The van der Waals surface area contributed by atoms with Crippen LogP contribution in [0.3, 0.4) is 0 Å². The molecule has 0 saturated heterocycles. The summed E-state index contributed by atoms with van der Waals surface area (Å²) in [5.41, 5.74) is -4.71. The zero-order chi connectivity index (χ0) is 18.3. The molecule has 2 fully saturated rings. The number of fused-ring (bicyclic) bond motifs is 1. The van der Waals surface area contributed by atoms with E-state index in [0.29, 0.717) is 12.8 Å². The predicted molar refractivity (Wildman–Crippen MR) is 70.7 cm³/mol. The summed E-state index contributed by atoms with van der Waals surface area (Å²) in [6, 6.07) is 0. The summed E-state index contributed by atoms with van der Waals surface area (Å²) < 4.78 is 83.0. The third-order valence-corrected chi connectivity index (χ3v) is 5.23. The smallest absolute Gasteiger partial charge is 0.426 e. The van der Waals surface area contributed by atoms with E-state index in [9.17, 15) is 36.2 Å². The number of carbonyl (C=O) groups excluding carboxylic acids is 1. The molecule has 2 rings (SSSR count). The van der Waals surface area contributed by atoms with Crippen LogP contribution in [0.4, 0.5) is 26.3 Å². The minimum absolute atomic E-state index is 0.0406. The van der Waals surface area contributed by atoms with Crippen molar-refractivity contribution in [1.29, 1.82) is 0 Å². The highest BCUT2D eigenvalue weighted by Crippen LogP contribution is 2.55. The van der Waals surface area contributed by atoms with Crippen LogP contribution in [0.2, 0.25) is 0 Å². The van der Waals surface area contributed by atoms with Gasteiger partial charge in [-0.15, -0.1) is 0 Å². The van der Waals surface area contributed by atoms with Crippen LogP contribution in [0.25, 0.3) is 0 Å². The van der Waals surface area contributed by atoms with Crippen molar-refractivity contribution in [2.45, 2.75) is 56.2 Å². The number of esters is 1. The predicted octanol–water partition coefficient (Wildman–Crippen LogP) is 3.77. The van der Waals surface area contributed by atoms with Crippen molar-refractivity contribution in [1.82, 2.24) is 0 Å². The Morgan fingerprint density at radius 1 is 1.04 bits per heavy atom. The molecule has 24 heavy (non-hydrogen) atoms. The van der Waals surface area contributed by atoms with Crippen molar-refractivity contribution in [3.8, 4) is 0 Å². The first-order valence-electron chi connectivity index (χ1n) is 7.60. The van der Waals surface area contributed by atoms with E-state index < -0.39 is 54.7 Å². The summed E-state index contributed by atoms with van der Waals surface area (Å²) in [6.45, 7) is 3.25. The van der Waals surface area contributed by atoms with Gasteiger partial charge in [-0.1, -0.05) is 6.58 Å². The average Bonchev–Trinajstić information content (AvgIpc) is 2.86. The zero-order valence-corrected chi connectivity index (χ0v) is 12.7. The highest BCUT2D eigenvalue weighted by atomic mass is 19.4.